The molecule has 5 heteroatoms. The molecule has 0 spiro atoms. The van der Waals surface area contributed by atoms with Crippen molar-refractivity contribution in [3.63, 3.8) is 0 Å². The average molecular weight is 252 g/mol. The number of hydrogen-bond donors (Lipinski definition) is 4. The summed E-state index contributed by atoms with van der Waals surface area (Å²) in [5, 5.41) is 22.3. The highest BCUT2D eigenvalue weighted by Gasteiger charge is 2.20. The fourth-order valence-corrected chi connectivity index (χ4v) is 1.75. The lowest BCUT2D eigenvalue weighted by atomic mass is 9.96. The zero-order chi connectivity index (χ0) is 13.9. The van der Waals surface area contributed by atoms with Gasteiger partial charge in [-0.3, -0.25) is 4.79 Å². The van der Waals surface area contributed by atoms with Crippen molar-refractivity contribution in [3.8, 4) is 0 Å². The average Bonchev–Trinajstić information content (AvgIpc) is 2.29. The summed E-state index contributed by atoms with van der Waals surface area (Å²) in [6.45, 7) is 5.03. The SMILES string of the molecule is CC(=O)NCC(O)C(O)c1cc(C)c(N)cc1C. The van der Waals surface area contributed by atoms with Gasteiger partial charge in [0.05, 0.1) is 0 Å². The molecule has 0 radical (unpaired) electrons. The van der Waals surface area contributed by atoms with Crippen LogP contribution in [0.1, 0.15) is 29.7 Å². The molecule has 0 aliphatic heterocycles. The maximum Gasteiger partial charge on any atom is 0.216 e. The number of aryl methyl sites for hydroxylation is 2. The van der Waals surface area contributed by atoms with Crippen LogP contribution in [0.4, 0.5) is 5.69 Å². The minimum absolute atomic E-state index is 0.0133. The molecule has 0 aliphatic rings. The van der Waals surface area contributed by atoms with Crippen LogP contribution >= 0.6 is 0 Å². The number of nitrogens with two attached hydrogens (primary N) is 1. The Balaban J connectivity index is 2.86. The van der Waals surface area contributed by atoms with Crippen LogP contribution < -0.4 is 11.1 Å². The van der Waals surface area contributed by atoms with Crippen LogP contribution in [0.5, 0.6) is 0 Å². The quantitative estimate of drug-likeness (QED) is 0.584. The summed E-state index contributed by atoms with van der Waals surface area (Å²) in [4.78, 5) is 10.8. The Kier molecular flexibility index (Phi) is 4.69. The number of carbonyl (C=O) groups excluding carboxylic acids is 1. The molecule has 0 heterocycles. The molecular weight excluding hydrogens is 232 g/mol. The minimum atomic E-state index is -1.05. The number of amides is 1. The van der Waals surface area contributed by atoms with Crippen molar-refractivity contribution in [2.45, 2.75) is 33.0 Å². The number of carbonyl (C=O) groups is 1. The van der Waals surface area contributed by atoms with Crippen LogP contribution in [0, 0.1) is 13.8 Å². The van der Waals surface area contributed by atoms with E-state index in [0.29, 0.717) is 11.3 Å². The molecular formula is C13H20N2O3. The molecule has 0 saturated carbocycles. The first-order valence-electron chi connectivity index (χ1n) is 5.80. The third-order valence-corrected chi connectivity index (χ3v) is 2.90. The van der Waals surface area contributed by atoms with Crippen molar-refractivity contribution < 1.29 is 15.0 Å². The fourth-order valence-electron chi connectivity index (χ4n) is 1.75. The largest absolute Gasteiger partial charge is 0.399 e. The van der Waals surface area contributed by atoms with E-state index in [0.717, 1.165) is 11.1 Å². The van der Waals surface area contributed by atoms with Gasteiger partial charge in [-0.2, -0.15) is 0 Å². The number of aliphatic hydroxyl groups excluding tert-OH is 2. The summed E-state index contributed by atoms with van der Waals surface area (Å²) < 4.78 is 0. The predicted octanol–water partition coefficient (Wildman–Crippen LogP) is 0.416. The summed E-state index contributed by atoms with van der Waals surface area (Å²) in [5.74, 6) is -0.244. The molecule has 5 nitrogen and oxygen atoms in total. The van der Waals surface area contributed by atoms with Gasteiger partial charge in [0.1, 0.15) is 12.2 Å². The Morgan fingerprint density at radius 3 is 2.50 bits per heavy atom. The lowest BCUT2D eigenvalue weighted by Gasteiger charge is -2.21. The Labute approximate surface area is 107 Å². The zero-order valence-corrected chi connectivity index (χ0v) is 10.9. The first-order valence-corrected chi connectivity index (χ1v) is 5.80. The molecule has 0 saturated heterocycles. The number of nitrogen functional groups attached to an aromatic ring is 1. The number of hydrogen-bond acceptors (Lipinski definition) is 4. The molecule has 1 amide bonds. The second kappa shape index (κ2) is 5.84. The van der Waals surface area contributed by atoms with Gasteiger partial charge in [-0.1, -0.05) is 6.07 Å². The van der Waals surface area contributed by atoms with Gasteiger partial charge in [0.15, 0.2) is 0 Å². The highest BCUT2D eigenvalue weighted by molar-refractivity contribution is 5.72. The van der Waals surface area contributed by atoms with Crippen LogP contribution in [-0.4, -0.2) is 28.8 Å². The van der Waals surface area contributed by atoms with E-state index < -0.39 is 12.2 Å². The van der Waals surface area contributed by atoms with Crippen molar-refractivity contribution in [1.82, 2.24) is 5.32 Å². The van der Waals surface area contributed by atoms with Crippen LogP contribution in [0.25, 0.3) is 0 Å². The number of aliphatic hydroxyl groups is 2. The molecule has 1 aromatic rings. The molecule has 2 atom stereocenters. The van der Waals surface area contributed by atoms with E-state index in [-0.39, 0.29) is 12.5 Å². The lowest BCUT2D eigenvalue weighted by molar-refractivity contribution is -0.119. The second-order valence-electron chi connectivity index (χ2n) is 4.51. The standard InChI is InChI=1S/C13H20N2O3/c1-7-5-11(14)8(2)4-10(7)13(18)12(17)6-15-9(3)16/h4-5,12-13,17-18H,6,14H2,1-3H3,(H,15,16). The Hall–Kier alpha value is -1.59. The van der Waals surface area contributed by atoms with E-state index in [4.69, 9.17) is 5.73 Å². The summed E-state index contributed by atoms with van der Waals surface area (Å²) in [5.41, 5.74) is 8.70. The summed E-state index contributed by atoms with van der Waals surface area (Å²) >= 11 is 0. The monoisotopic (exact) mass is 252 g/mol. The van der Waals surface area contributed by atoms with E-state index in [1.165, 1.54) is 6.92 Å². The fraction of sp³-hybridized carbons (Fsp3) is 0.462. The summed E-state index contributed by atoms with van der Waals surface area (Å²) in [6.07, 6.45) is -2.09. The van der Waals surface area contributed by atoms with Gasteiger partial charge in [-0.05, 0) is 36.6 Å². The van der Waals surface area contributed by atoms with Crippen LogP contribution in [-0.2, 0) is 4.79 Å². The van der Waals surface area contributed by atoms with E-state index in [1.807, 2.05) is 13.8 Å². The first kappa shape index (κ1) is 14.5. The number of benzene rings is 1. The third-order valence-electron chi connectivity index (χ3n) is 2.90. The highest BCUT2D eigenvalue weighted by Crippen LogP contribution is 2.25. The van der Waals surface area contributed by atoms with Gasteiger partial charge < -0.3 is 21.3 Å². The normalized spacial score (nSPS) is 14.1. The maximum absolute atomic E-state index is 10.8. The van der Waals surface area contributed by atoms with Gasteiger partial charge in [-0.25, -0.2) is 0 Å². The van der Waals surface area contributed by atoms with Crippen molar-refractivity contribution in [2.75, 3.05) is 12.3 Å². The molecule has 1 aromatic carbocycles. The molecule has 1 rings (SSSR count). The van der Waals surface area contributed by atoms with E-state index >= 15 is 0 Å². The van der Waals surface area contributed by atoms with Gasteiger partial charge in [0.25, 0.3) is 0 Å². The van der Waals surface area contributed by atoms with E-state index in [9.17, 15) is 15.0 Å². The third kappa shape index (κ3) is 3.45. The maximum atomic E-state index is 10.8. The molecule has 0 aliphatic carbocycles. The topological polar surface area (TPSA) is 95.6 Å². The summed E-state index contributed by atoms with van der Waals surface area (Å²) in [6, 6.07) is 3.52. The van der Waals surface area contributed by atoms with Crippen LogP contribution in [0.3, 0.4) is 0 Å². The van der Waals surface area contributed by atoms with Crippen LogP contribution in [0.15, 0.2) is 12.1 Å². The van der Waals surface area contributed by atoms with Gasteiger partial charge in [-0.15, -0.1) is 0 Å². The van der Waals surface area contributed by atoms with Crippen molar-refractivity contribution in [2.24, 2.45) is 0 Å². The van der Waals surface area contributed by atoms with Gasteiger partial charge in [0.2, 0.25) is 5.91 Å². The number of anilines is 1. The van der Waals surface area contributed by atoms with Crippen LogP contribution in [0.2, 0.25) is 0 Å². The zero-order valence-electron chi connectivity index (χ0n) is 10.9. The lowest BCUT2D eigenvalue weighted by Crippen LogP contribution is -2.34. The first-order chi connectivity index (χ1) is 8.32. The molecule has 100 valence electrons. The minimum Gasteiger partial charge on any atom is -0.399 e. The Morgan fingerprint density at radius 1 is 1.33 bits per heavy atom. The predicted molar refractivity (Wildman–Crippen MR) is 70.0 cm³/mol. The summed E-state index contributed by atoms with van der Waals surface area (Å²) in [7, 11) is 0. The smallest absolute Gasteiger partial charge is 0.216 e. The molecule has 5 N–H and O–H groups in total. The van der Waals surface area contributed by atoms with E-state index in [1.54, 1.807) is 12.1 Å². The van der Waals surface area contributed by atoms with E-state index in [2.05, 4.69) is 5.32 Å². The Bertz CT molecular complexity index is 446. The van der Waals surface area contributed by atoms with Crippen molar-refractivity contribution in [1.29, 1.82) is 0 Å². The molecule has 0 fully saturated rings. The van der Waals surface area contributed by atoms with Gasteiger partial charge in [0, 0.05) is 19.2 Å². The molecule has 0 aromatic heterocycles. The van der Waals surface area contributed by atoms with Crippen molar-refractivity contribution in [3.05, 3.63) is 28.8 Å². The van der Waals surface area contributed by atoms with Gasteiger partial charge >= 0.3 is 0 Å². The Morgan fingerprint density at radius 2 is 1.94 bits per heavy atom. The second-order valence-corrected chi connectivity index (χ2v) is 4.51. The molecule has 2 unspecified atom stereocenters. The molecule has 0 bridgehead atoms. The number of nitrogens with one attached hydrogen (secondary N) is 1. The molecule has 18 heavy (non-hydrogen) atoms. The highest BCUT2D eigenvalue weighted by atomic mass is 16.3. The number of rotatable bonds is 4. The van der Waals surface area contributed by atoms with Crippen molar-refractivity contribution >= 4 is 11.6 Å².